The summed E-state index contributed by atoms with van der Waals surface area (Å²) in [5.74, 6) is -0.309. The van der Waals surface area contributed by atoms with Gasteiger partial charge in [0.2, 0.25) is 0 Å². The second-order valence-corrected chi connectivity index (χ2v) is 10.2. The Balaban J connectivity index is 1.32. The van der Waals surface area contributed by atoms with Gasteiger partial charge in [0, 0.05) is 31.5 Å². The van der Waals surface area contributed by atoms with Gasteiger partial charge in [-0.05, 0) is 68.1 Å². The number of unbranched alkanes of at least 4 members (excludes halogenated alkanes) is 1. The van der Waals surface area contributed by atoms with Crippen LogP contribution in [0.15, 0.2) is 53.8 Å². The van der Waals surface area contributed by atoms with E-state index in [1.165, 1.54) is 18.3 Å². The number of hydrogen-bond donors (Lipinski definition) is 1. The van der Waals surface area contributed by atoms with Crippen molar-refractivity contribution in [2.45, 2.75) is 43.7 Å². The smallest absolute Gasteiger partial charge is 0.322 e. The number of aryl methyl sites for hydroxylation is 1. The number of fused-ring (bicyclic) bond motifs is 1. The average Bonchev–Trinajstić information content (AvgIpc) is 3.31. The Labute approximate surface area is 192 Å². The number of pyridine rings is 1. The molecule has 0 radical (unpaired) electrons. The van der Waals surface area contributed by atoms with E-state index in [4.69, 9.17) is 0 Å². The van der Waals surface area contributed by atoms with Gasteiger partial charge in [-0.15, -0.1) is 0 Å². The normalized spacial score (nSPS) is 15.5. The zero-order valence-corrected chi connectivity index (χ0v) is 19.3. The minimum Gasteiger partial charge on any atom is -0.338 e. The van der Waals surface area contributed by atoms with Gasteiger partial charge in [0.25, 0.3) is 0 Å². The van der Waals surface area contributed by atoms with Crippen LogP contribution in [0, 0.1) is 5.82 Å². The molecule has 4 rings (SSSR count). The molecule has 0 saturated heterocycles. The summed E-state index contributed by atoms with van der Waals surface area (Å²) >= 11 is 0. The van der Waals surface area contributed by atoms with E-state index in [1.807, 2.05) is 6.92 Å². The predicted molar refractivity (Wildman–Crippen MR) is 123 cm³/mol. The molecule has 0 fully saturated rings. The number of nitrogens with zero attached hydrogens (tertiary/aromatic N) is 4. The van der Waals surface area contributed by atoms with Crippen LogP contribution in [-0.2, 0) is 22.7 Å². The number of urea groups is 1. The summed E-state index contributed by atoms with van der Waals surface area (Å²) in [4.78, 5) is 18.5. The van der Waals surface area contributed by atoms with Crippen molar-refractivity contribution in [2.75, 3.05) is 17.7 Å². The van der Waals surface area contributed by atoms with Crippen molar-refractivity contribution >= 4 is 21.6 Å². The first kappa shape index (κ1) is 22.9. The van der Waals surface area contributed by atoms with Gasteiger partial charge in [-0.3, -0.25) is 4.90 Å². The van der Waals surface area contributed by atoms with Crippen LogP contribution in [0.25, 0.3) is 5.69 Å². The van der Waals surface area contributed by atoms with Crippen LogP contribution in [0.3, 0.4) is 0 Å². The third-order valence-electron chi connectivity index (χ3n) is 5.67. The van der Waals surface area contributed by atoms with Crippen molar-refractivity contribution in [3.8, 4) is 5.69 Å². The number of nitrogens with one attached hydrogen (secondary N) is 1. The molecule has 2 aromatic heterocycles. The third-order valence-corrected chi connectivity index (χ3v) is 6.66. The Morgan fingerprint density at radius 2 is 1.97 bits per heavy atom. The van der Waals surface area contributed by atoms with Crippen LogP contribution in [0.1, 0.15) is 31.0 Å². The number of halogens is 1. The van der Waals surface area contributed by atoms with Crippen LogP contribution < -0.4 is 10.2 Å². The largest absolute Gasteiger partial charge is 0.338 e. The van der Waals surface area contributed by atoms with Crippen LogP contribution in [0.2, 0.25) is 0 Å². The summed E-state index contributed by atoms with van der Waals surface area (Å²) in [5, 5.41) is 7.44. The summed E-state index contributed by atoms with van der Waals surface area (Å²) in [5.41, 5.74) is 3.34. The summed E-state index contributed by atoms with van der Waals surface area (Å²) < 4.78 is 38.3. The van der Waals surface area contributed by atoms with Crippen molar-refractivity contribution in [2.24, 2.45) is 0 Å². The SMILES string of the molecule is C[C@H]1Cc2c(cnn2-c2ccc(F)cc2)N1C(=O)NCCCCc1ccnc(S(C)(=O)=O)c1. The van der Waals surface area contributed by atoms with Crippen LogP contribution in [0.5, 0.6) is 0 Å². The zero-order chi connectivity index (χ0) is 23.6. The highest BCUT2D eigenvalue weighted by molar-refractivity contribution is 7.90. The Morgan fingerprint density at radius 3 is 2.70 bits per heavy atom. The number of aromatic nitrogens is 3. The van der Waals surface area contributed by atoms with Crippen LogP contribution in [-0.4, -0.2) is 48.1 Å². The molecule has 3 heterocycles. The lowest BCUT2D eigenvalue weighted by molar-refractivity contribution is 0.245. The zero-order valence-electron chi connectivity index (χ0n) is 18.5. The van der Waals surface area contributed by atoms with Gasteiger partial charge in [0.15, 0.2) is 14.9 Å². The van der Waals surface area contributed by atoms with E-state index >= 15 is 0 Å². The number of benzene rings is 1. The molecule has 8 nitrogen and oxygen atoms in total. The molecule has 1 aliphatic heterocycles. The van der Waals surface area contributed by atoms with E-state index in [-0.39, 0.29) is 22.9 Å². The number of carbonyl (C=O) groups is 1. The second-order valence-electron chi connectivity index (χ2n) is 8.25. The first-order chi connectivity index (χ1) is 15.7. The first-order valence-corrected chi connectivity index (χ1v) is 12.7. The van der Waals surface area contributed by atoms with Gasteiger partial charge in [-0.1, -0.05) is 0 Å². The molecule has 0 spiro atoms. The fourth-order valence-electron chi connectivity index (χ4n) is 4.02. The first-order valence-electron chi connectivity index (χ1n) is 10.8. The van der Waals surface area contributed by atoms with E-state index in [0.717, 1.165) is 41.7 Å². The molecular formula is C23H26FN5O3S. The third kappa shape index (κ3) is 5.05. The fourth-order valence-corrected chi connectivity index (χ4v) is 4.64. The Bertz CT molecular complexity index is 1260. The van der Waals surface area contributed by atoms with Crippen LogP contribution in [0.4, 0.5) is 14.9 Å². The van der Waals surface area contributed by atoms with Crippen molar-refractivity contribution < 1.29 is 17.6 Å². The van der Waals surface area contributed by atoms with E-state index < -0.39 is 9.84 Å². The van der Waals surface area contributed by atoms with Gasteiger partial charge < -0.3 is 5.32 Å². The number of amides is 2. The quantitative estimate of drug-likeness (QED) is 0.534. The highest BCUT2D eigenvalue weighted by atomic mass is 32.2. The monoisotopic (exact) mass is 471 g/mol. The molecular weight excluding hydrogens is 445 g/mol. The topological polar surface area (TPSA) is 97.2 Å². The number of sulfone groups is 1. The number of anilines is 1. The molecule has 0 unspecified atom stereocenters. The molecule has 0 aliphatic carbocycles. The maximum absolute atomic E-state index is 13.2. The molecule has 174 valence electrons. The van der Waals surface area contributed by atoms with Gasteiger partial charge in [0.1, 0.15) is 5.82 Å². The summed E-state index contributed by atoms with van der Waals surface area (Å²) in [6.07, 6.45) is 7.24. The molecule has 1 atom stereocenters. The Morgan fingerprint density at radius 1 is 1.21 bits per heavy atom. The molecule has 1 aliphatic rings. The fraction of sp³-hybridized carbons (Fsp3) is 0.348. The lowest BCUT2D eigenvalue weighted by Crippen LogP contribution is -2.43. The Hall–Kier alpha value is -3.27. The van der Waals surface area contributed by atoms with Crippen molar-refractivity contribution in [1.29, 1.82) is 0 Å². The molecule has 0 bridgehead atoms. The molecule has 1 aromatic carbocycles. The van der Waals surface area contributed by atoms with Crippen LogP contribution >= 0.6 is 0 Å². The van der Waals surface area contributed by atoms with Gasteiger partial charge in [-0.2, -0.15) is 5.10 Å². The summed E-state index contributed by atoms with van der Waals surface area (Å²) in [6.45, 7) is 2.49. The maximum atomic E-state index is 13.2. The van der Waals surface area contributed by atoms with E-state index in [0.29, 0.717) is 19.4 Å². The number of rotatable bonds is 7. The molecule has 2 amide bonds. The Kier molecular flexibility index (Phi) is 6.46. The average molecular weight is 472 g/mol. The van der Waals surface area contributed by atoms with Gasteiger partial charge in [-0.25, -0.2) is 27.3 Å². The lowest BCUT2D eigenvalue weighted by Gasteiger charge is -2.22. The molecule has 3 aromatic rings. The number of hydrogen-bond acceptors (Lipinski definition) is 5. The molecule has 0 saturated carbocycles. The minimum absolute atomic E-state index is 0.0177. The molecule has 33 heavy (non-hydrogen) atoms. The summed E-state index contributed by atoms with van der Waals surface area (Å²) in [7, 11) is -3.33. The van der Waals surface area contributed by atoms with E-state index in [9.17, 15) is 17.6 Å². The summed E-state index contributed by atoms with van der Waals surface area (Å²) in [6, 6.07) is 9.31. The molecule has 1 N–H and O–H groups in total. The molecule has 10 heteroatoms. The van der Waals surface area contributed by atoms with E-state index in [1.54, 1.807) is 40.0 Å². The highest BCUT2D eigenvalue weighted by Crippen LogP contribution is 2.33. The van der Waals surface area contributed by atoms with Crippen molar-refractivity contribution in [3.05, 3.63) is 65.9 Å². The van der Waals surface area contributed by atoms with Gasteiger partial charge in [0.05, 0.1) is 23.3 Å². The van der Waals surface area contributed by atoms with Crippen molar-refractivity contribution in [1.82, 2.24) is 20.1 Å². The lowest BCUT2D eigenvalue weighted by atomic mass is 10.1. The van der Waals surface area contributed by atoms with E-state index in [2.05, 4.69) is 15.4 Å². The minimum atomic E-state index is -3.33. The van der Waals surface area contributed by atoms with Gasteiger partial charge >= 0.3 is 6.03 Å². The highest BCUT2D eigenvalue weighted by Gasteiger charge is 2.34. The number of carbonyl (C=O) groups excluding carboxylic acids is 1. The second kappa shape index (κ2) is 9.30. The van der Waals surface area contributed by atoms with Crippen molar-refractivity contribution in [3.63, 3.8) is 0 Å². The predicted octanol–water partition coefficient (Wildman–Crippen LogP) is 3.29. The maximum Gasteiger partial charge on any atom is 0.322 e. The standard InChI is InChI=1S/C23H26FN5O3S/c1-16-13-20-21(15-27-29(20)19-8-6-18(24)7-9-19)28(16)23(30)26-11-4-3-5-17-10-12-25-22(14-17)33(2,31)32/h6-10,12,14-16H,3-5,11,13H2,1-2H3,(H,26,30)/t16-/m0/s1.